The van der Waals surface area contributed by atoms with Gasteiger partial charge >= 0.3 is 5.97 Å². The molecule has 0 saturated heterocycles. The fourth-order valence-electron chi connectivity index (χ4n) is 2.87. The van der Waals surface area contributed by atoms with E-state index in [0.29, 0.717) is 32.7 Å². The molecular weight excluding hydrogens is 465 g/mol. The number of hydrogen-bond donors (Lipinski definition) is 1. The number of nitriles is 1. The van der Waals surface area contributed by atoms with Gasteiger partial charge in [-0.2, -0.15) is 5.26 Å². The smallest absolute Gasteiger partial charge is 0.335 e. The van der Waals surface area contributed by atoms with Gasteiger partial charge in [-0.05, 0) is 75.1 Å². The number of methoxy groups -OCH3 is 1. The first kappa shape index (κ1) is 22.1. The van der Waals surface area contributed by atoms with Crippen molar-refractivity contribution in [2.75, 3.05) is 7.11 Å². The monoisotopic (exact) mass is 481 g/mol. The minimum Gasteiger partial charge on any atom is -0.493 e. The molecule has 31 heavy (non-hydrogen) atoms. The van der Waals surface area contributed by atoms with Crippen LogP contribution >= 0.6 is 15.9 Å². The molecule has 0 unspecified atom stereocenters. The molecule has 0 aromatic heterocycles. The summed E-state index contributed by atoms with van der Waals surface area (Å²) in [4.78, 5) is 11.0. The van der Waals surface area contributed by atoms with Crippen LogP contribution in [0.15, 0.2) is 65.1 Å². The van der Waals surface area contributed by atoms with E-state index in [9.17, 15) is 14.4 Å². The van der Waals surface area contributed by atoms with Gasteiger partial charge in [-0.25, -0.2) is 9.18 Å². The van der Waals surface area contributed by atoms with Gasteiger partial charge in [0.1, 0.15) is 12.4 Å². The number of allylic oxidation sites excluding steroid dienone is 1. The van der Waals surface area contributed by atoms with Crippen molar-refractivity contribution in [2.24, 2.45) is 0 Å². The second kappa shape index (κ2) is 9.92. The first-order valence-corrected chi connectivity index (χ1v) is 9.91. The lowest BCUT2D eigenvalue weighted by Gasteiger charge is -2.14. The van der Waals surface area contributed by atoms with Crippen molar-refractivity contribution in [1.29, 1.82) is 5.26 Å². The molecule has 1 N–H and O–H groups in total. The largest absolute Gasteiger partial charge is 0.493 e. The van der Waals surface area contributed by atoms with Crippen molar-refractivity contribution in [2.45, 2.75) is 6.61 Å². The van der Waals surface area contributed by atoms with Gasteiger partial charge in [0.25, 0.3) is 0 Å². The lowest BCUT2D eigenvalue weighted by atomic mass is 10.0. The Labute approximate surface area is 187 Å². The standard InChI is InChI=1S/C24H17BrFNO4/c1-30-22-11-16(9-19(13-27)18-3-2-4-20(26)12-18)10-21(25)23(22)31-14-15-5-7-17(8-6-15)24(28)29/h2-12H,14H2,1H3,(H,28,29)/b19-9-. The average Bonchev–Trinajstić information content (AvgIpc) is 2.76. The number of ether oxygens (including phenoxy) is 2. The van der Waals surface area contributed by atoms with E-state index < -0.39 is 11.8 Å². The summed E-state index contributed by atoms with van der Waals surface area (Å²) < 4.78 is 25.4. The number of benzene rings is 3. The highest BCUT2D eigenvalue weighted by Gasteiger charge is 2.13. The van der Waals surface area contributed by atoms with E-state index in [0.717, 1.165) is 5.56 Å². The van der Waals surface area contributed by atoms with Gasteiger partial charge in [0.2, 0.25) is 0 Å². The topological polar surface area (TPSA) is 79.5 Å². The number of rotatable bonds is 7. The van der Waals surface area contributed by atoms with Crippen LogP contribution in [-0.4, -0.2) is 18.2 Å². The van der Waals surface area contributed by atoms with Gasteiger partial charge in [0.05, 0.1) is 28.8 Å². The molecule has 156 valence electrons. The van der Waals surface area contributed by atoms with Gasteiger partial charge in [0.15, 0.2) is 11.5 Å². The second-order valence-electron chi connectivity index (χ2n) is 6.51. The molecule has 3 aromatic rings. The molecule has 0 saturated carbocycles. The van der Waals surface area contributed by atoms with Crippen LogP contribution in [0.2, 0.25) is 0 Å². The van der Waals surface area contributed by atoms with Crippen molar-refractivity contribution in [1.82, 2.24) is 0 Å². The molecule has 0 aliphatic heterocycles. The van der Waals surface area contributed by atoms with Gasteiger partial charge in [-0.1, -0.05) is 24.3 Å². The van der Waals surface area contributed by atoms with E-state index in [1.165, 1.54) is 31.4 Å². The van der Waals surface area contributed by atoms with Crippen molar-refractivity contribution < 1.29 is 23.8 Å². The maximum atomic E-state index is 13.5. The Balaban J connectivity index is 1.86. The molecule has 0 aliphatic rings. The van der Waals surface area contributed by atoms with Gasteiger partial charge < -0.3 is 14.6 Å². The lowest BCUT2D eigenvalue weighted by Crippen LogP contribution is -2.01. The molecule has 0 atom stereocenters. The first-order chi connectivity index (χ1) is 14.9. The van der Waals surface area contributed by atoms with Crippen LogP contribution in [0.3, 0.4) is 0 Å². The maximum absolute atomic E-state index is 13.5. The van der Waals surface area contributed by atoms with Crippen LogP contribution in [0.1, 0.15) is 27.0 Å². The number of nitrogens with zero attached hydrogens (tertiary/aromatic N) is 1. The molecule has 5 nitrogen and oxygen atoms in total. The van der Waals surface area contributed by atoms with Crippen LogP contribution in [0.4, 0.5) is 4.39 Å². The molecule has 0 aliphatic carbocycles. The van der Waals surface area contributed by atoms with Crippen molar-refractivity contribution in [3.8, 4) is 17.6 Å². The Morgan fingerprint density at radius 3 is 2.52 bits per heavy atom. The van der Waals surface area contributed by atoms with Gasteiger partial charge in [-0.3, -0.25) is 0 Å². The number of carboxylic acids is 1. The van der Waals surface area contributed by atoms with E-state index in [2.05, 4.69) is 22.0 Å². The Bertz CT molecular complexity index is 1180. The van der Waals surface area contributed by atoms with Crippen molar-refractivity contribution in [3.05, 3.63) is 93.2 Å². The second-order valence-corrected chi connectivity index (χ2v) is 7.36. The summed E-state index contributed by atoms with van der Waals surface area (Å²) in [6.07, 6.45) is 1.64. The highest BCUT2D eigenvalue weighted by atomic mass is 79.9. The summed E-state index contributed by atoms with van der Waals surface area (Å²) in [7, 11) is 1.50. The zero-order valence-electron chi connectivity index (χ0n) is 16.4. The minimum absolute atomic E-state index is 0.199. The van der Waals surface area contributed by atoms with E-state index in [1.807, 2.05) is 0 Å². The molecule has 0 heterocycles. The Hall–Kier alpha value is -3.63. The SMILES string of the molecule is COc1cc(/C=C(/C#N)c2cccc(F)c2)cc(Br)c1OCc1ccc(C(=O)O)cc1. The number of carbonyl (C=O) groups is 1. The summed E-state index contributed by atoms with van der Waals surface area (Å²) in [5.41, 5.74) is 2.44. The zero-order valence-corrected chi connectivity index (χ0v) is 18.0. The van der Waals surface area contributed by atoms with Gasteiger partial charge in [-0.15, -0.1) is 0 Å². The van der Waals surface area contributed by atoms with E-state index >= 15 is 0 Å². The maximum Gasteiger partial charge on any atom is 0.335 e. The average molecular weight is 482 g/mol. The molecule has 7 heteroatoms. The molecule has 3 aromatic carbocycles. The Morgan fingerprint density at radius 1 is 1.16 bits per heavy atom. The molecule has 0 bridgehead atoms. The number of halogens is 2. The third-order valence-corrected chi connectivity index (χ3v) is 4.99. The summed E-state index contributed by atoms with van der Waals surface area (Å²) in [6, 6.07) is 17.8. The van der Waals surface area contributed by atoms with Gasteiger partial charge in [0, 0.05) is 0 Å². The normalized spacial score (nSPS) is 11.0. The third-order valence-electron chi connectivity index (χ3n) is 4.40. The fourth-order valence-corrected chi connectivity index (χ4v) is 3.44. The molecular formula is C24H17BrFNO4. The Kier molecular flexibility index (Phi) is 7.06. The summed E-state index contributed by atoms with van der Waals surface area (Å²) >= 11 is 3.47. The van der Waals surface area contributed by atoms with E-state index in [-0.39, 0.29) is 12.2 Å². The van der Waals surface area contributed by atoms with Crippen molar-refractivity contribution in [3.63, 3.8) is 0 Å². The van der Waals surface area contributed by atoms with E-state index in [1.54, 1.807) is 42.5 Å². The van der Waals surface area contributed by atoms with Crippen LogP contribution in [0.5, 0.6) is 11.5 Å². The number of hydrogen-bond acceptors (Lipinski definition) is 4. The van der Waals surface area contributed by atoms with Crippen LogP contribution < -0.4 is 9.47 Å². The summed E-state index contributed by atoms with van der Waals surface area (Å²) in [5, 5.41) is 18.5. The molecule has 0 radical (unpaired) electrons. The quantitative estimate of drug-likeness (QED) is 0.333. The van der Waals surface area contributed by atoms with Crippen LogP contribution in [0, 0.1) is 17.1 Å². The minimum atomic E-state index is -0.990. The zero-order chi connectivity index (χ0) is 22.4. The molecule has 0 amide bonds. The number of carboxylic acid groups (broad SMARTS) is 1. The molecule has 0 fully saturated rings. The molecule has 0 spiro atoms. The lowest BCUT2D eigenvalue weighted by molar-refractivity contribution is 0.0697. The first-order valence-electron chi connectivity index (χ1n) is 9.11. The summed E-state index contributed by atoms with van der Waals surface area (Å²) in [6.45, 7) is 0.205. The summed E-state index contributed by atoms with van der Waals surface area (Å²) in [5.74, 6) is -0.501. The number of aromatic carboxylic acids is 1. The van der Waals surface area contributed by atoms with Crippen LogP contribution in [0.25, 0.3) is 11.6 Å². The highest BCUT2D eigenvalue weighted by molar-refractivity contribution is 9.10. The highest BCUT2D eigenvalue weighted by Crippen LogP contribution is 2.38. The predicted octanol–water partition coefficient (Wildman–Crippen LogP) is 5.94. The Morgan fingerprint density at radius 2 is 1.90 bits per heavy atom. The third kappa shape index (κ3) is 5.50. The van der Waals surface area contributed by atoms with Crippen LogP contribution in [-0.2, 0) is 6.61 Å². The van der Waals surface area contributed by atoms with E-state index in [4.69, 9.17) is 14.6 Å². The molecule has 3 rings (SSSR count). The predicted molar refractivity (Wildman–Crippen MR) is 118 cm³/mol. The van der Waals surface area contributed by atoms with Crippen molar-refractivity contribution >= 4 is 33.5 Å². The fraction of sp³-hybridized carbons (Fsp3) is 0.0833.